The van der Waals surface area contributed by atoms with Gasteiger partial charge in [-0.25, -0.2) is 4.98 Å². The molecule has 0 bridgehead atoms. The van der Waals surface area contributed by atoms with Crippen molar-refractivity contribution in [2.45, 2.75) is 0 Å². The highest BCUT2D eigenvalue weighted by Crippen LogP contribution is 2.25. The van der Waals surface area contributed by atoms with Gasteiger partial charge in [0.05, 0.1) is 22.8 Å². The Kier molecular flexibility index (Phi) is 3.42. The average molecular weight is 333 g/mol. The van der Waals surface area contributed by atoms with Gasteiger partial charge in [0.2, 0.25) is 0 Å². The van der Waals surface area contributed by atoms with E-state index in [1.165, 1.54) is 0 Å². The van der Waals surface area contributed by atoms with Crippen LogP contribution in [-0.2, 0) is 0 Å². The van der Waals surface area contributed by atoms with Crippen molar-refractivity contribution in [3.8, 4) is 22.8 Å². The molecule has 5 rings (SSSR count). The minimum Gasteiger partial charge on any atom is -0.254 e. The van der Waals surface area contributed by atoms with E-state index in [1.807, 2.05) is 54.9 Å². The molecule has 3 nitrogen and oxygen atoms in total. The van der Waals surface area contributed by atoms with E-state index < -0.39 is 0 Å². The molecule has 0 radical (unpaired) electrons. The molecule has 3 heterocycles. The summed E-state index contributed by atoms with van der Waals surface area (Å²) < 4.78 is 0. The van der Waals surface area contributed by atoms with Gasteiger partial charge >= 0.3 is 0 Å². The fraction of sp³-hybridized carbons (Fsp3) is 0. The van der Waals surface area contributed by atoms with E-state index in [0.29, 0.717) is 0 Å². The van der Waals surface area contributed by atoms with Crippen molar-refractivity contribution in [3.05, 3.63) is 91.3 Å². The zero-order chi connectivity index (χ0) is 17.3. The third kappa shape index (κ3) is 2.60. The topological polar surface area (TPSA) is 38.7 Å². The predicted molar refractivity (Wildman–Crippen MR) is 106 cm³/mol. The van der Waals surface area contributed by atoms with Crippen LogP contribution in [0.25, 0.3) is 44.3 Å². The van der Waals surface area contributed by atoms with E-state index in [2.05, 4.69) is 46.4 Å². The molecule has 122 valence electrons. The maximum absolute atomic E-state index is 4.80. The summed E-state index contributed by atoms with van der Waals surface area (Å²) in [7, 11) is 0. The third-order valence-electron chi connectivity index (χ3n) is 4.54. The zero-order valence-corrected chi connectivity index (χ0v) is 14.0. The second-order valence-electron chi connectivity index (χ2n) is 6.24. The van der Waals surface area contributed by atoms with Crippen LogP contribution in [0.2, 0.25) is 0 Å². The first-order valence-electron chi connectivity index (χ1n) is 8.54. The van der Waals surface area contributed by atoms with E-state index in [4.69, 9.17) is 4.98 Å². The van der Waals surface area contributed by atoms with Gasteiger partial charge in [-0.15, -0.1) is 0 Å². The maximum Gasteiger partial charge on any atom is 0.0894 e. The molecule has 0 aliphatic heterocycles. The molecule has 0 fully saturated rings. The van der Waals surface area contributed by atoms with Crippen molar-refractivity contribution in [3.63, 3.8) is 0 Å². The molecule has 0 N–H and O–H groups in total. The first-order valence-corrected chi connectivity index (χ1v) is 8.54. The Morgan fingerprint density at radius 2 is 0.885 bits per heavy atom. The first-order chi connectivity index (χ1) is 12.9. The van der Waals surface area contributed by atoms with Crippen molar-refractivity contribution >= 4 is 21.5 Å². The standard InChI is InChI=1S/C23H15N3/c1-3-8-18-14-24-22(12-16(18)6-1)20-10-5-11-21(26-20)23-13-17-7-2-4-9-19(17)15-25-23/h1-15H. The minimum atomic E-state index is 0.850. The van der Waals surface area contributed by atoms with Gasteiger partial charge in [-0.1, -0.05) is 54.6 Å². The Morgan fingerprint density at radius 1 is 0.423 bits per heavy atom. The van der Waals surface area contributed by atoms with Gasteiger partial charge in [0.1, 0.15) is 0 Å². The highest BCUT2D eigenvalue weighted by Gasteiger charge is 2.07. The minimum absolute atomic E-state index is 0.850. The van der Waals surface area contributed by atoms with E-state index >= 15 is 0 Å². The molecule has 5 aromatic rings. The summed E-state index contributed by atoms with van der Waals surface area (Å²) in [4.78, 5) is 14.0. The van der Waals surface area contributed by atoms with Crippen molar-refractivity contribution in [1.82, 2.24) is 15.0 Å². The molecular weight excluding hydrogens is 318 g/mol. The number of aromatic nitrogens is 3. The summed E-state index contributed by atoms with van der Waals surface area (Å²) >= 11 is 0. The van der Waals surface area contributed by atoms with Crippen LogP contribution >= 0.6 is 0 Å². The molecular formula is C23H15N3. The number of hydrogen-bond acceptors (Lipinski definition) is 3. The Balaban J connectivity index is 1.60. The molecule has 0 saturated heterocycles. The van der Waals surface area contributed by atoms with E-state index in [0.717, 1.165) is 44.3 Å². The van der Waals surface area contributed by atoms with E-state index in [-0.39, 0.29) is 0 Å². The number of benzene rings is 2. The molecule has 0 unspecified atom stereocenters. The predicted octanol–water partition coefficient (Wildman–Crippen LogP) is 5.51. The van der Waals surface area contributed by atoms with Gasteiger partial charge in [0, 0.05) is 23.2 Å². The van der Waals surface area contributed by atoms with Crippen molar-refractivity contribution < 1.29 is 0 Å². The lowest BCUT2D eigenvalue weighted by molar-refractivity contribution is 1.23. The van der Waals surface area contributed by atoms with Crippen molar-refractivity contribution in [2.24, 2.45) is 0 Å². The van der Waals surface area contributed by atoms with Gasteiger partial charge in [0.15, 0.2) is 0 Å². The van der Waals surface area contributed by atoms with Crippen LogP contribution in [0.5, 0.6) is 0 Å². The number of rotatable bonds is 2. The highest BCUT2D eigenvalue weighted by molar-refractivity contribution is 5.86. The second kappa shape index (κ2) is 6.05. The largest absolute Gasteiger partial charge is 0.254 e. The molecule has 0 saturated carbocycles. The lowest BCUT2D eigenvalue weighted by Crippen LogP contribution is -1.92. The van der Waals surface area contributed by atoms with Gasteiger partial charge in [-0.05, 0) is 35.0 Å². The van der Waals surface area contributed by atoms with E-state index in [1.54, 1.807) is 0 Å². The van der Waals surface area contributed by atoms with Gasteiger partial charge in [-0.2, -0.15) is 0 Å². The Bertz CT molecular complexity index is 1150. The maximum atomic E-state index is 4.80. The molecule has 3 heteroatoms. The number of nitrogens with zero attached hydrogens (tertiary/aromatic N) is 3. The summed E-state index contributed by atoms with van der Waals surface area (Å²) in [5, 5.41) is 4.58. The van der Waals surface area contributed by atoms with Gasteiger partial charge in [0.25, 0.3) is 0 Å². The smallest absolute Gasteiger partial charge is 0.0894 e. The van der Waals surface area contributed by atoms with Crippen LogP contribution in [0.15, 0.2) is 91.3 Å². The normalized spacial score (nSPS) is 11.1. The SMILES string of the molecule is c1cc(-c2cc3ccccc3cn2)nc(-c2cc3ccccc3cn2)c1. The zero-order valence-electron chi connectivity index (χ0n) is 14.0. The number of fused-ring (bicyclic) bond motifs is 2. The van der Waals surface area contributed by atoms with Crippen LogP contribution in [0.1, 0.15) is 0 Å². The lowest BCUT2D eigenvalue weighted by atomic mass is 10.1. The molecule has 0 atom stereocenters. The first kappa shape index (κ1) is 14.7. The Morgan fingerprint density at radius 3 is 1.38 bits per heavy atom. The summed E-state index contributed by atoms with van der Waals surface area (Å²) in [6.45, 7) is 0. The van der Waals surface area contributed by atoms with Crippen LogP contribution in [0.3, 0.4) is 0 Å². The summed E-state index contributed by atoms with van der Waals surface area (Å²) in [6, 6.07) is 26.6. The third-order valence-corrected chi connectivity index (χ3v) is 4.54. The highest BCUT2D eigenvalue weighted by atomic mass is 14.8. The fourth-order valence-corrected chi connectivity index (χ4v) is 3.17. The molecule has 0 spiro atoms. The van der Waals surface area contributed by atoms with E-state index in [9.17, 15) is 0 Å². The van der Waals surface area contributed by atoms with Crippen LogP contribution in [0.4, 0.5) is 0 Å². The van der Waals surface area contributed by atoms with Crippen molar-refractivity contribution in [2.75, 3.05) is 0 Å². The summed E-state index contributed by atoms with van der Waals surface area (Å²) in [5.74, 6) is 0. The fourth-order valence-electron chi connectivity index (χ4n) is 3.17. The molecule has 0 aliphatic rings. The monoisotopic (exact) mass is 333 g/mol. The molecule has 2 aromatic carbocycles. The summed E-state index contributed by atoms with van der Waals surface area (Å²) in [6.07, 6.45) is 3.79. The van der Waals surface area contributed by atoms with Crippen LogP contribution in [-0.4, -0.2) is 15.0 Å². The van der Waals surface area contributed by atoms with Gasteiger partial charge < -0.3 is 0 Å². The average Bonchev–Trinajstić information content (AvgIpc) is 2.73. The molecule has 0 amide bonds. The van der Waals surface area contributed by atoms with Crippen molar-refractivity contribution in [1.29, 1.82) is 0 Å². The second-order valence-corrected chi connectivity index (χ2v) is 6.24. The van der Waals surface area contributed by atoms with Crippen LogP contribution in [0, 0.1) is 0 Å². The lowest BCUT2D eigenvalue weighted by Gasteiger charge is -2.06. The summed E-state index contributed by atoms with van der Waals surface area (Å²) in [5.41, 5.74) is 3.43. The Hall–Kier alpha value is -3.59. The Labute approximate surface area is 151 Å². The van der Waals surface area contributed by atoms with Crippen LogP contribution < -0.4 is 0 Å². The number of pyridine rings is 3. The van der Waals surface area contributed by atoms with Gasteiger partial charge in [-0.3, -0.25) is 9.97 Å². The number of hydrogen-bond donors (Lipinski definition) is 0. The molecule has 26 heavy (non-hydrogen) atoms. The molecule has 3 aromatic heterocycles. The molecule has 0 aliphatic carbocycles. The quantitative estimate of drug-likeness (QED) is 0.427.